The van der Waals surface area contributed by atoms with Gasteiger partial charge in [0.25, 0.3) is 5.91 Å². The zero-order valence-electron chi connectivity index (χ0n) is 17.4. The van der Waals surface area contributed by atoms with Gasteiger partial charge in [0.1, 0.15) is 18.0 Å². The zero-order chi connectivity index (χ0) is 22.4. The summed E-state index contributed by atoms with van der Waals surface area (Å²) >= 11 is 0. The largest absolute Gasteiger partial charge is 0.497 e. The molecule has 0 aromatic heterocycles. The van der Waals surface area contributed by atoms with Gasteiger partial charge in [-0.2, -0.15) is 5.10 Å². The molecule has 0 aliphatic heterocycles. The smallest absolute Gasteiger partial charge is 0.260 e. The third-order valence-electron chi connectivity index (χ3n) is 4.56. The number of rotatable bonds is 8. The average Bonchev–Trinajstić information content (AvgIpc) is 2.76. The molecule has 3 aromatic rings. The number of hydrogen-bond acceptors (Lipinski definition) is 6. The summed E-state index contributed by atoms with van der Waals surface area (Å²) in [7, 11) is -0.871. The minimum Gasteiger partial charge on any atom is -0.497 e. The fraction of sp³-hybridized carbons (Fsp3) is 0.182. The number of hydrogen-bond donors (Lipinski definition) is 1. The summed E-state index contributed by atoms with van der Waals surface area (Å²) in [6.45, 7) is -0.464. The molecule has 0 aliphatic rings. The Hall–Kier alpha value is -3.59. The van der Waals surface area contributed by atoms with Crippen molar-refractivity contribution < 1.29 is 22.7 Å². The van der Waals surface area contributed by atoms with Crippen molar-refractivity contribution in [2.75, 3.05) is 31.3 Å². The number of ether oxygens (including phenoxy) is 2. The number of nitrogens with one attached hydrogen (secondary N) is 1. The van der Waals surface area contributed by atoms with Crippen LogP contribution in [0.15, 0.2) is 65.8 Å². The molecule has 9 heteroatoms. The van der Waals surface area contributed by atoms with E-state index in [1.165, 1.54) is 26.5 Å². The maximum Gasteiger partial charge on any atom is 0.260 e. The van der Waals surface area contributed by atoms with Gasteiger partial charge >= 0.3 is 0 Å². The predicted molar refractivity (Wildman–Crippen MR) is 121 cm³/mol. The van der Waals surface area contributed by atoms with Gasteiger partial charge in [0, 0.05) is 11.6 Å². The number of fused-ring (bicyclic) bond motifs is 1. The van der Waals surface area contributed by atoms with Crippen LogP contribution in [0.2, 0.25) is 0 Å². The van der Waals surface area contributed by atoms with Crippen molar-refractivity contribution >= 4 is 38.6 Å². The maximum absolute atomic E-state index is 12.5. The Morgan fingerprint density at radius 2 is 1.81 bits per heavy atom. The second kappa shape index (κ2) is 9.48. The first-order valence-corrected chi connectivity index (χ1v) is 11.2. The maximum atomic E-state index is 12.5. The van der Waals surface area contributed by atoms with Gasteiger partial charge in [0.2, 0.25) is 10.0 Å². The molecule has 0 fully saturated rings. The van der Waals surface area contributed by atoms with E-state index in [9.17, 15) is 13.2 Å². The Labute approximate surface area is 181 Å². The molecule has 1 N–H and O–H groups in total. The third-order valence-corrected chi connectivity index (χ3v) is 5.69. The summed E-state index contributed by atoms with van der Waals surface area (Å²) in [5.74, 6) is 0.162. The predicted octanol–water partition coefficient (Wildman–Crippen LogP) is 2.77. The van der Waals surface area contributed by atoms with Crippen molar-refractivity contribution in [3.63, 3.8) is 0 Å². The van der Waals surface area contributed by atoms with E-state index < -0.39 is 22.5 Å². The highest BCUT2D eigenvalue weighted by Crippen LogP contribution is 2.33. The van der Waals surface area contributed by atoms with Crippen molar-refractivity contribution in [2.45, 2.75) is 0 Å². The molecule has 1 amide bonds. The van der Waals surface area contributed by atoms with Gasteiger partial charge in [-0.1, -0.05) is 42.5 Å². The molecule has 0 unspecified atom stereocenters. The van der Waals surface area contributed by atoms with Crippen LogP contribution in [0.25, 0.3) is 10.8 Å². The highest BCUT2D eigenvalue weighted by Gasteiger charge is 2.24. The molecule has 162 valence electrons. The number of anilines is 1. The van der Waals surface area contributed by atoms with Crippen LogP contribution >= 0.6 is 0 Å². The van der Waals surface area contributed by atoms with Gasteiger partial charge in [0.15, 0.2) is 0 Å². The molecule has 0 atom stereocenters. The summed E-state index contributed by atoms with van der Waals surface area (Å²) in [5, 5.41) is 6.03. The van der Waals surface area contributed by atoms with Gasteiger partial charge in [0.05, 0.1) is 32.4 Å². The molecule has 0 heterocycles. The number of benzene rings is 3. The van der Waals surface area contributed by atoms with Crippen LogP contribution in [0.5, 0.6) is 11.5 Å². The molecule has 0 saturated heterocycles. The Bertz CT molecular complexity index is 1220. The minimum atomic E-state index is -3.77. The van der Waals surface area contributed by atoms with Gasteiger partial charge in [-0.15, -0.1) is 0 Å². The molecular weight excluding hydrogens is 418 g/mol. The van der Waals surface area contributed by atoms with Crippen LogP contribution in [0.4, 0.5) is 5.69 Å². The van der Waals surface area contributed by atoms with Crippen LogP contribution in [0.3, 0.4) is 0 Å². The highest BCUT2D eigenvalue weighted by atomic mass is 32.2. The van der Waals surface area contributed by atoms with Gasteiger partial charge < -0.3 is 9.47 Å². The molecule has 0 spiro atoms. The minimum absolute atomic E-state index is 0.221. The standard InChI is InChI=1S/C22H23N3O5S/c1-29-18-11-12-20(21(13-18)30-2)25(31(3,27)28)15-22(26)24-23-14-17-9-6-8-16-7-4-5-10-19(16)17/h4-14H,15H2,1-3H3,(H,24,26)/b23-14-. The third kappa shape index (κ3) is 5.32. The molecule has 31 heavy (non-hydrogen) atoms. The molecule has 0 bridgehead atoms. The quantitative estimate of drug-likeness (QED) is 0.428. The SMILES string of the molecule is COc1ccc(N(CC(=O)N/N=C\c2cccc3ccccc23)S(C)(=O)=O)c(OC)c1. The number of amides is 1. The number of nitrogens with zero attached hydrogens (tertiary/aromatic N) is 2. The lowest BCUT2D eigenvalue weighted by molar-refractivity contribution is -0.119. The Kier molecular flexibility index (Phi) is 6.76. The van der Waals surface area contributed by atoms with Crippen LogP contribution in [0.1, 0.15) is 5.56 Å². The van der Waals surface area contributed by atoms with Crippen molar-refractivity contribution in [3.8, 4) is 11.5 Å². The fourth-order valence-corrected chi connectivity index (χ4v) is 3.93. The van der Waals surface area contributed by atoms with E-state index in [2.05, 4.69) is 10.5 Å². The monoisotopic (exact) mass is 441 g/mol. The molecule has 3 rings (SSSR count). The molecule has 8 nitrogen and oxygen atoms in total. The Morgan fingerprint density at radius 3 is 2.52 bits per heavy atom. The van der Waals surface area contributed by atoms with Crippen molar-refractivity contribution in [1.82, 2.24) is 5.43 Å². The topological polar surface area (TPSA) is 97.3 Å². The van der Waals surface area contributed by atoms with Crippen LogP contribution in [0, 0.1) is 0 Å². The number of carbonyl (C=O) groups is 1. The lowest BCUT2D eigenvalue weighted by Gasteiger charge is -2.23. The number of hydrazone groups is 1. The first kappa shape index (κ1) is 22.1. The fourth-order valence-electron chi connectivity index (χ4n) is 3.07. The summed E-state index contributed by atoms with van der Waals surface area (Å²) in [4.78, 5) is 12.5. The van der Waals surface area contributed by atoms with E-state index in [1.54, 1.807) is 12.1 Å². The molecule has 0 aliphatic carbocycles. The average molecular weight is 442 g/mol. The molecular formula is C22H23N3O5S. The van der Waals surface area contributed by atoms with Crippen LogP contribution < -0.4 is 19.2 Å². The Morgan fingerprint density at radius 1 is 1.06 bits per heavy atom. The van der Waals surface area contributed by atoms with E-state index in [0.717, 1.165) is 26.9 Å². The lowest BCUT2D eigenvalue weighted by atomic mass is 10.1. The van der Waals surface area contributed by atoms with Crippen LogP contribution in [-0.2, 0) is 14.8 Å². The van der Waals surface area contributed by atoms with E-state index in [4.69, 9.17) is 9.47 Å². The first-order valence-electron chi connectivity index (χ1n) is 9.33. The lowest BCUT2D eigenvalue weighted by Crippen LogP contribution is -2.39. The molecule has 3 aromatic carbocycles. The molecule has 0 saturated carbocycles. The van der Waals surface area contributed by atoms with E-state index in [0.29, 0.717) is 5.75 Å². The second-order valence-corrected chi connectivity index (χ2v) is 8.58. The Balaban J connectivity index is 1.78. The van der Waals surface area contributed by atoms with Crippen molar-refractivity contribution in [1.29, 1.82) is 0 Å². The first-order chi connectivity index (χ1) is 14.8. The summed E-state index contributed by atoms with van der Waals surface area (Å²) in [6.07, 6.45) is 2.54. The normalized spacial score (nSPS) is 11.5. The van der Waals surface area contributed by atoms with E-state index in [-0.39, 0.29) is 11.4 Å². The summed E-state index contributed by atoms with van der Waals surface area (Å²) in [5.41, 5.74) is 3.44. The summed E-state index contributed by atoms with van der Waals surface area (Å²) in [6, 6.07) is 18.2. The van der Waals surface area contributed by atoms with Gasteiger partial charge in [-0.05, 0) is 22.9 Å². The van der Waals surface area contributed by atoms with Gasteiger partial charge in [-0.25, -0.2) is 13.8 Å². The zero-order valence-corrected chi connectivity index (χ0v) is 18.2. The number of carbonyl (C=O) groups excluding carboxylic acids is 1. The van der Waals surface area contributed by atoms with E-state index in [1.807, 2.05) is 42.5 Å². The van der Waals surface area contributed by atoms with Crippen molar-refractivity contribution in [2.24, 2.45) is 5.10 Å². The summed E-state index contributed by atoms with van der Waals surface area (Å²) < 4.78 is 36.1. The second-order valence-electron chi connectivity index (χ2n) is 6.67. The van der Waals surface area contributed by atoms with Crippen LogP contribution in [-0.4, -0.2) is 47.6 Å². The number of methoxy groups -OCH3 is 2. The van der Waals surface area contributed by atoms with E-state index >= 15 is 0 Å². The highest BCUT2D eigenvalue weighted by molar-refractivity contribution is 7.92. The van der Waals surface area contributed by atoms with Gasteiger partial charge in [-0.3, -0.25) is 9.10 Å². The van der Waals surface area contributed by atoms with Crippen molar-refractivity contribution in [3.05, 3.63) is 66.2 Å². The number of sulfonamides is 1. The molecule has 0 radical (unpaired) electrons.